The summed E-state index contributed by atoms with van der Waals surface area (Å²) in [6, 6.07) is 18.9. The van der Waals surface area contributed by atoms with Crippen LogP contribution in [0.3, 0.4) is 0 Å². The summed E-state index contributed by atoms with van der Waals surface area (Å²) in [5.41, 5.74) is 6.89. The second-order valence-electron chi connectivity index (χ2n) is 5.88. The fraction of sp³-hybridized carbons (Fsp3) is 0.100. The zero-order valence-electron chi connectivity index (χ0n) is 13.7. The number of primary amides is 1. The lowest BCUT2D eigenvalue weighted by molar-refractivity contribution is -0.0854. The summed E-state index contributed by atoms with van der Waals surface area (Å²) in [6.07, 6.45) is 0. The first-order chi connectivity index (χ1) is 12.0. The molecule has 0 saturated carbocycles. The number of rotatable bonds is 4. The Labute approximate surface area is 145 Å². The molecule has 0 radical (unpaired) electrons. The van der Waals surface area contributed by atoms with Crippen LogP contribution < -0.4 is 5.73 Å². The van der Waals surface area contributed by atoms with Crippen molar-refractivity contribution in [2.45, 2.75) is 13.0 Å². The molecule has 5 heteroatoms. The summed E-state index contributed by atoms with van der Waals surface area (Å²) >= 11 is 0. The largest absolute Gasteiger partial charge is 0.366 e. The maximum atomic E-state index is 12.6. The first kappa shape index (κ1) is 16.7. The average molecular weight is 334 g/mol. The molecule has 0 bridgehead atoms. The Morgan fingerprint density at radius 1 is 0.920 bits per heavy atom. The maximum absolute atomic E-state index is 12.6. The second kappa shape index (κ2) is 6.75. The van der Waals surface area contributed by atoms with E-state index in [0.29, 0.717) is 11.1 Å². The average Bonchev–Trinajstić information content (AvgIpc) is 2.66. The fourth-order valence-electron chi connectivity index (χ4n) is 2.71. The highest BCUT2D eigenvalue weighted by Crippen LogP contribution is 2.23. The number of hydrogen-bond donors (Lipinski definition) is 2. The highest BCUT2D eigenvalue weighted by molar-refractivity contribution is 6.01. The Bertz CT molecular complexity index is 938. The second-order valence-corrected chi connectivity index (χ2v) is 5.88. The van der Waals surface area contributed by atoms with Crippen molar-refractivity contribution in [1.82, 2.24) is 5.06 Å². The Morgan fingerprint density at radius 2 is 1.48 bits per heavy atom. The number of benzene rings is 3. The molecule has 0 aromatic heterocycles. The summed E-state index contributed by atoms with van der Waals surface area (Å²) in [4.78, 5) is 23.8. The highest BCUT2D eigenvalue weighted by atomic mass is 16.5. The van der Waals surface area contributed by atoms with Crippen LogP contribution in [0.15, 0.2) is 66.7 Å². The minimum atomic E-state index is -0.500. The number of nitrogens with two attached hydrogens (primary N) is 1. The molecular weight excluding hydrogens is 316 g/mol. The first-order valence-corrected chi connectivity index (χ1v) is 7.88. The van der Waals surface area contributed by atoms with Gasteiger partial charge in [0, 0.05) is 11.1 Å². The third-order valence-electron chi connectivity index (χ3n) is 4.23. The zero-order chi connectivity index (χ0) is 18.0. The molecule has 5 nitrogen and oxygen atoms in total. The summed E-state index contributed by atoms with van der Waals surface area (Å²) in [7, 11) is 0. The number of carbonyl (C=O) groups is 2. The molecule has 126 valence electrons. The van der Waals surface area contributed by atoms with Crippen molar-refractivity contribution in [3.05, 3.63) is 83.4 Å². The van der Waals surface area contributed by atoms with E-state index in [1.807, 2.05) is 30.3 Å². The van der Waals surface area contributed by atoms with Gasteiger partial charge < -0.3 is 5.73 Å². The van der Waals surface area contributed by atoms with Gasteiger partial charge in [-0.2, -0.15) is 0 Å². The van der Waals surface area contributed by atoms with E-state index in [4.69, 9.17) is 5.73 Å². The fourth-order valence-corrected chi connectivity index (χ4v) is 2.71. The van der Waals surface area contributed by atoms with Gasteiger partial charge in [-0.25, -0.2) is 5.06 Å². The van der Waals surface area contributed by atoms with E-state index in [1.54, 1.807) is 43.3 Å². The van der Waals surface area contributed by atoms with E-state index in [2.05, 4.69) is 0 Å². The van der Waals surface area contributed by atoms with E-state index < -0.39 is 17.9 Å². The first-order valence-electron chi connectivity index (χ1n) is 7.88. The number of hydroxylamine groups is 2. The maximum Gasteiger partial charge on any atom is 0.277 e. The Kier molecular flexibility index (Phi) is 4.50. The summed E-state index contributed by atoms with van der Waals surface area (Å²) in [6.45, 7) is 1.76. The van der Waals surface area contributed by atoms with E-state index in [-0.39, 0.29) is 0 Å². The minimum Gasteiger partial charge on any atom is -0.366 e. The van der Waals surface area contributed by atoms with E-state index in [1.165, 1.54) is 0 Å². The summed E-state index contributed by atoms with van der Waals surface area (Å²) in [5, 5.41) is 12.6. The van der Waals surface area contributed by atoms with Gasteiger partial charge in [-0.15, -0.1) is 0 Å². The molecule has 0 heterocycles. The standard InChI is InChI=1S/C20H18N2O3/c1-13(14-5-3-2-4-6-14)22(25)20(24)18-10-8-15-11-17(19(21)23)9-7-16(15)12-18/h2-13,25H,1H3,(H2,21,23). The molecule has 0 aliphatic rings. The predicted octanol–water partition coefficient (Wildman–Crippen LogP) is 3.53. The van der Waals surface area contributed by atoms with E-state index in [9.17, 15) is 14.8 Å². The molecule has 1 unspecified atom stereocenters. The summed E-state index contributed by atoms with van der Waals surface area (Å²) in [5.74, 6) is -0.988. The van der Waals surface area contributed by atoms with Crippen LogP contribution in [0.5, 0.6) is 0 Å². The number of amides is 2. The van der Waals surface area contributed by atoms with Crippen molar-refractivity contribution in [3.63, 3.8) is 0 Å². The number of hydrogen-bond acceptors (Lipinski definition) is 3. The molecule has 3 aromatic carbocycles. The molecular formula is C20H18N2O3. The highest BCUT2D eigenvalue weighted by Gasteiger charge is 2.21. The molecule has 1 atom stereocenters. The minimum absolute atomic E-state index is 0.365. The molecule has 2 amide bonds. The van der Waals surface area contributed by atoms with Crippen molar-refractivity contribution >= 4 is 22.6 Å². The summed E-state index contributed by atoms with van der Waals surface area (Å²) < 4.78 is 0. The van der Waals surface area contributed by atoms with Gasteiger partial charge >= 0.3 is 0 Å². The third-order valence-corrected chi connectivity index (χ3v) is 4.23. The molecule has 3 aromatic rings. The Morgan fingerprint density at radius 3 is 2.08 bits per heavy atom. The van der Waals surface area contributed by atoms with E-state index in [0.717, 1.165) is 21.4 Å². The topological polar surface area (TPSA) is 83.6 Å². The smallest absolute Gasteiger partial charge is 0.277 e. The molecule has 3 rings (SSSR count). The van der Waals surface area contributed by atoms with Crippen LogP contribution in [0.2, 0.25) is 0 Å². The quantitative estimate of drug-likeness (QED) is 0.565. The molecule has 0 aliphatic heterocycles. The van der Waals surface area contributed by atoms with Gasteiger partial charge in [0.25, 0.3) is 5.91 Å². The van der Waals surface area contributed by atoms with Crippen LogP contribution in [-0.4, -0.2) is 22.1 Å². The van der Waals surface area contributed by atoms with Gasteiger partial charge in [0.2, 0.25) is 5.91 Å². The van der Waals surface area contributed by atoms with Crippen LogP contribution in [-0.2, 0) is 0 Å². The SMILES string of the molecule is CC(c1ccccc1)N(O)C(=O)c1ccc2cc(C(N)=O)ccc2c1. The van der Waals surface area contributed by atoms with Crippen molar-refractivity contribution in [2.24, 2.45) is 5.73 Å². The van der Waals surface area contributed by atoms with Crippen LogP contribution in [0.25, 0.3) is 10.8 Å². The monoisotopic (exact) mass is 334 g/mol. The van der Waals surface area contributed by atoms with Crippen LogP contribution in [0.1, 0.15) is 39.2 Å². The molecule has 25 heavy (non-hydrogen) atoms. The normalized spacial score (nSPS) is 11.9. The third kappa shape index (κ3) is 3.36. The van der Waals surface area contributed by atoms with Gasteiger partial charge in [-0.1, -0.05) is 42.5 Å². The molecule has 0 fully saturated rings. The van der Waals surface area contributed by atoms with Crippen molar-refractivity contribution < 1.29 is 14.8 Å². The molecule has 0 spiro atoms. The Hall–Kier alpha value is -3.18. The van der Waals surface area contributed by atoms with Gasteiger partial charge in [0.15, 0.2) is 0 Å². The number of fused-ring (bicyclic) bond motifs is 1. The van der Waals surface area contributed by atoms with E-state index >= 15 is 0 Å². The van der Waals surface area contributed by atoms with Crippen molar-refractivity contribution in [3.8, 4) is 0 Å². The van der Waals surface area contributed by atoms with Gasteiger partial charge in [0.1, 0.15) is 0 Å². The Balaban J connectivity index is 1.89. The number of nitrogens with zero attached hydrogens (tertiary/aromatic N) is 1. The lowest BCUT2D eigenvalue weighted by Gasteiger charge is -2.23. The van der Waals surface area contributed by atoms with Gasteiger partial charge in [-0.3, -0.25) is 14.8 Å². The van der Waals surface area contributed by atoms with Crippen LogP contribution >= 0.6 is 0 Å². The van der Waals surface area contributed by atoms with Crippen molar-refractivity contribution in [1.29, 1.82) is 0 Å². The van der Waals surface area contributed by atoms with Gasteiger partial charge in [-0.05, 0) is 47.5 Å². The lowest BCUT2D eigenvalue weighted by Crippen LogP contribution is -2.30. The van der Waals surface area contributed by atoms with Gasteiger partial charge in [0.05, 0.1) is 6.04 Å². The molecule has 0 saturated heterocycles. The van der Waals surface area contributed by atoms with Crippen LogP contribution in [0, 0.1) is 0 Å². The molecule has 0 aliphatic carbocycles. The van der Waals surface area contributed by atoms with Crippen molar-refractivity contribution in [2.75, 3.05) is 0 Å². The predicted molar refractivity (Wildman–Crippen MR) is 95.3 cm³/mol. The molecule has 3 N–H and O–H groups in total. The lowest BCUT2D eigenvalue weighted by atomic mass is 10.0. The van der Waals surface area contributed by atoms with Crippen LogP contribution in [0.4, 0.5) is 0 Å². The number of carbonyl (C=O) groups excluding carboxylic acids is 2. The zero-order valence-corrected chi connectivity index (χ0v) is 13.7.